The van der Waals surface area contributed by atoms with E-state index in [4.69, 9.17) is 16.9 Å². The fourth-order valence-electron chi connectivity index (χ4n) is 1.71. The number of aromatic hydroxyl groups is 1. The van der Waals surface area contributed by atoms with E-state index in [-0.39, 0.29) is 26.9 Å². The maximum Gasteiger partial charge on any atom is 0.263 e. The number of phenolic OH excluding ortho intramolecular Hbond substituents is 1. The van der Waals surface area contributed by atoms with Crippen molar-refractivity contribution in [3.63, 3.8) is 0 Å². The molecule has 0 unspecified atom stereocenters. The van der Waals surface area contributed by atoms with Crippen molar-refractivity contribution in [3.05, 3.63) is 52.5 Å². The van der Waals surface area contributed by atoms with Crippen LogP contribution in [0, 0.1) is 18.3 Å². The Labute approximate surface area is 127 Å². The van der Waals surface area contributed by atoms with Crippen LogP contribution in [-0.2, 0) is 10.0 Å². The van der Waals surface area contributed by atoms with E-state index >= 15 is 0 Å². The summed E-state index contributed by atoms with van der Waals surface area (Å²) in [6.45, 7) is 1.76. The molecule has 0 fully saturated rings. The third-order valence-electron chi connectivity index (χ3n) is 2.75. The van der Waals surface area contributed by atoms with Gasteiger partial charge >= 0.3 is 0 Å². The summed E-state index contributed by atoms with van der Waals surface area (Å²) in [5.41, 5.74) is 1.00. The molecule has 21 heavy (non-hydrogen) atoms. The molecule has 2 rings (SSSR count). The number of nitrogens with one attached hydrogen (secondary N) is 1. The van der Waals surface area contributed by atoms with Gasteiger partial charge in [0, 0.05) is 0 Å². The van der Waals surface area contributed by atoms with Crippen molar-refractivity contribution in [1.29, 1.82) is 5.26 Å². The molecule has 0 spiro atoms. The first-order valence-corrected chi connectivity index (χ1v) is 7.71. The van der Waals surface area contributed by atoms with Crippen LogP contribution in [0.1, 0.15) is 11.1 Å². The Bertz CT molecular complexity index is 842. The summed E-state index contributed by atoms with van der Waals surface area (Å²) in [4.78, 5) is -0.218. The van der Waals surface area contributed by atoms with Gasteiger partial charge in [0.2, 0.25) is 0 Å². The predicted molar refractivity (Wildman–Crippen MR) is 79.8 cm³/mol. The summed E-state index contributed by atoms with van der Waals surface area (Å²) in [6, 6.07) is 10.3. The van der Waals surface area contributed by atoms with Gasteiger partial charge in [0.1, 0.15) is 10.6 Å². The second-order valence-corrected chi connectivity index (χ2v) is 6.44. The van der Waals surface area contributed by atoms with Gasteiger partial charge in [-0.15, -0.1) is 0 Å². The van der Waals surface area contributed by atoms with E-state index in [9.17, 15) is 13.5 Å². The van der Waals surface area contributed by atoms with Crippen LogP contribution in [0.5, 0.6) is 5.75 Å². The van der Waals surface area contributed by atoms with Crippen molar-refractivity contribution >= 4 is 27.3 Å². The Hall–Kier alpha value is -2.23. The van der Waals surface area contributed by atoms with Crippen LogP contribution in [0.25, 0.3) is 0 Å². The standard InChI is InChI=1S/C14H11ClN2O3S/c1-9-2-5-13(18)12(6-9)17-21(19,20)14-7-10(8-16)3-4-11(14)15/h2-7,17-18H,1H3. The number of anilines is 1. The molecule has 0 aliphatic rings. The van der Waals surface area contributed by atoms with E-state index in [1.165, 1.54) is 30.3 Å². The minimum Gasteiger partial charge on any atom is -0.506 e. The summed E-state index contributed by atoms with van der Waals surface area (Å²) in [6.07, 6.45) is 0. The van der Waals surface area contributed by atoms with Gasteiger partial charge in [-0.05, 0) is 42.8 Å². The van der Waals surface area contributed by atoms with Crippen molar-refractivity contribution < 1.29 is 13.5 Å². The molecule has 0 aromatic heterocycles. The molecule has 0 saturated carbocycles. The average molecular weight is 323 g/mol. The van der Waals surface area contributed by atoms with Crippen LogP contribution in [-0.4, -0.2) is 13.5 Å². The molecule has 108 valence electrons. The zero-order valence-electron chi connectivity index (χ0n) is 11.0. The molecule has 0 aliphatic heterocycles. The Kier molecular flexibility index (Phi) is 4.07. The number of sulfonamides is 1. The van der Waals surface area contributed by atoms with Crippen molar-refractivity contribution in [1.82, 2.24) is 0 Å². The molecule has 0 atom stereocenters. The monoisotopic (exact) mass is 322 g/mol. The summed E-state index contributed by atoms with van der Waals surface area (Å²) in [5.74, 6) is -0.197. The number of rotatable bonds is 3. The lowest BCUT2D eigenvalue weighted by atomic mass is 10.2. The first kappa shape index (κ1) is 15.2. The van der Waals surface area contributed by atoms with Crippen LogP contribution >= 0.6 is 11.6 Å². The Morgan fingerprint density at radius 2 is 1.95 bits per heavy atom. The highest BCUT2D eigenvalue weighted by molar-refractivity contribution is 7.92. The number of halogens is 1. The summed E-state index contributed by atoms with van der Waals surface area (Å²) < 4.78 is 26.9. The fourth-order valence-corrected chi connectivity index (χ4v) is 3.30. The number of phenols is 1. The summed E-state index contributed by atoms with van der Waals surface area (Å²) in [7, 11) is -4.01. The normalized spacial score (nSPS) is 10.9. The molecule has 0 heterocycles. The van der Waals surface area contributed by atoms with Crippen molar-refractivity contribution in [2.75, 3.05) is 4.72 Å². The second-order valence-electron chi connectivity index (χ2n) is 4.38. The largest absolute Gasteiger partial charge is 0.506 e. The van der Waals surface area contributed by atoms with Gasteiger partial charge in [0.05, 0.1) is 22.3 Å². The van der Waals surface area contributed by atoms with E-state index in [2.05, 4.69) is 4.72 Å². The molecular formula is C14H11ClN2O3S. The molecule has 0 aliphatic carbocycles. The van der Waals surface area contributed by atoms with Crippen LogP contribution in [0.4, 0.5) is 5.69 Å². The van der Waals surface area contributed by atoms with Crippen molar-refractivity contribution in [2.24, 2.45) is 0 Å². The van der Waals surface area contributed by atoms with Crippen LogP contribution in [0.15, 0.2) is 41.3 Å². The molecule has 0 bridgehead atoms. The van der Waals surface area contributed by atoms with Gasteiger partial charge < -0.3 is 5.11 Å². The van der Waals surface area contributed by atoms with E-state index in [1.54, 1.807) is 13.0 Å². The van der Waals surface area contributed by atoms with Crippen LogP contribution in [0.2, 0.25) is 5.02 Å². The zero-order chi connectivity index (χ0) is 15.6. The van der Waals surface area contributed by atoms with Crippen LogP contribution in [0.3, 0.4) is 0 Å². The molecule has 0 amide bonds. The van der Waals surface area contributed by atoms with Crippen molar-refractivity contribution in [3.8, 4) is 11.8 Å². The number of aryl methyl sites for hydroxylation is 1. The maximum absolute atomic E-state index is 12.3. The maximum atomic E-state index is 12.3. The van der Waals surface area contributed by atoms with Crippen LogP contribution < -0.4 is 4.72 Å². The Morgan fingerprint density at radius 3 is 2.62 bits per heavy atom. The Morgan fingerprint density at radius 1 is 1.24 bits per heavy atom. The molecular weight excluding hydrogens is 312 g/mol. The zero-order valence-corrected chi connectivity index (χ0v) is 12.5. The number of benzene rings is 2. The van der Waals surface area contributed by atoms with Gasteiger partial charge in [0.25, 0.3) is 10.0 Å². The topological polar surface area (TPSA) is 90.2 Å². The summed E-state index contributed by atoms with van der Waals surface area (Å²) >= 11 is 5.88. The molecule has 2 aromatic carbocycles. The average Bonchev–Trinajstić information content (AvgIpc) is 2.43. The first-order valence-electron chi connectivity index (χ1n) is 5.85. The third-order valence-corrected chi connectivity index (χ3v) is 4.59. The van der Waals surface area contributed by atoms with E-state index in [0.717, 1.165) is 5.56 Å². The lowest BCUT2D eigenvalue weighted by Gasteiger charge is -2.11. The van der Waals surface area contributed by atoms with Gasteiger partial charge in [-0.1, -0.05) is 17.7 Å². The van der Waals surface area contributed by atoms with Gasteiger partial charge in [0.15, 0.2) is 0 Å². The predicted octanol–water partition coefficient (Wildman–Crippen LogP) is 3.03. The quantitative estimate of drug-likeness (QED) is 0.850. The fraction of sp³-hybridized carbons (Fsp3) is 0.0714. The SMILES string of the molecule is Cc1ccc(O)c(NS(=O)(=O)c2cc(C#N)ccc2Cl)c1. The van der Waals surface area contributed by atoms with Crippen molar-refractivity contribution in [2.45, 2.75) is 11.8 Å². The van der Waals surface area contributed by atoms with Gasteiger partial charge in [-0.2, -0.15) is 5.26 Å². The van der Waals surface area contributed by atoms with E-state index in [1.807, 2.05) is 6.07 Å². The minimum atomic E-state index is -4.01. The lowest BCUT2D eigenvalue weighted by Crippen LogP contribution is -2.14. The molecule has 7 heteroatoms. The van der Waals surface area contributed by atoms with Gasteiger partial charge in [-0.25, -0.2) is 8.42 Å². The number of hydrogen-bond acceptors (Lipinski definition) is 4. The number of nitrogens with zero attached hydrogens (tertiary/aromatic N) is 1. The highest BCUT2D eigenvalue weighted by atomic mass is 35.5. The molecule has 2 aromatic rings. The molecule has 2 N–H and O–H groups in total. The van der Waals surface area contributed by atoms with E-state index in [0.29, 0.717) is 0 Å². The lowest BCUT2D eigenvalue weighted by molar-refractivity contribution is 0.477. The molecule has 0 radical (unpaired) electrons. The summed E-state index contributed by atoms with van der Waals surface area (Å²) in [5, 5.41) is 18.5. The second kappa shape index (κ2) is 5.64. The smallest absolute Gasteiger partial charge is 0.263 e. The Balaban J connectivity index is 2.48. The first-order chi connectivity index (χ1) is 9.83. The molecule has 5 nitrogen and oxygen atoms in total. The minimum absolute atomic E-state index is 0.00589. The molecule has 0 saturated heterocycles. The van der Waals surface area contributed by atoms with Gasteiger partial charge in [-0.3, -0.25) is 4.72 Å². The van der Waals surface area contributed by atoms with E-state index < -0.39 is 10.0 Å². The highest BCUT2D eigenvalue weighted by Crippen LogP contribution is 2.29. The highest BCUT2D eigenvalue weighted by Gasteiger charge is 2.20. The number of nitriles is 1. The number of hydrogen-bond donors (Lipinski definition) is 2. The third kappa shape index (κ3) is 3.27.